The molecule has 0 spiro atoms. The van der Waals surface area contributed by atoms with Gasteiger partial charge in [0.15, 0.2) is 6.61 Å². The Morgan fingerprint density at radius 2 is 1.91 bits per heavy atom. The number of esters is 1. The zero-order valence-electron chi connectivity index (χ0n) is 13.5. The highest BCUT2D eigenvalue weighted by molar-refractivity contribution is 5.92. The summed E-state index contributed by atoms with van der Waals surface area (Å²) in [5, 5.41) is 0. The lowest BCUT2D eigenvalue weighted by Gasteiger charge is -2.16. The molecule has 1 amide bonds. The van der Waals surface area contributed by atoms with E-state index in [2.05, 4.69) is 0 Å². The summed E-state index contributed by atoms with van der Waals surface area (Å²) in [5.74, 6) is -0.141. The maximum Gasteiger partial charge on any atom is 0.338 e. The monoisotopic (exact) mass is 316 g/mol. The molecule has 0 bridgehead atoms. The number of carbonyl (C=O) groups is 2. The average Bonchev–Trinajstić information content (AvgIpc) is 3.05. The lowest BCUT2D eigenvalue weighted by atomic mass is 10.2. The van der Waals surface area contributed by atoms with Crippen LogP contribution < -0.4 is 4.90 Å². The molecule has 0 saturated heterocycles. The second kappa shape index (κ2) is 7.49. The van der Waals surface area contributed by atoms with Gasteiger partial charge in [-0.2, -0.15) is 0 Å². The van der Waals surface area contributed by atoms with E-state index >= 15 is 0 Å². The molecule has 6 heteroatoms. The lowest BCUT2D eigenvalue weighted by Crippen LogP contribution is -2.30. The fourth-order valence-electron chi connectivity index (χ4n) is 1.96. The standard InChI is InChI=1S/C17H20N2O4/c1-18(2)14-7-4-6-13(10-14)17(21)23-12-16(20)19(3)11-15-8-5-9-22-15/h4-10H,11-12H2,1-3H3. The number of amides is 1. The number of rotatable bonds is 6. The molecule has 6 nitrogen and oxygen atoms in total. The van der Waals surface area contributed by atoms with Gasteiger partial charge < -0.3 is 19.0 Å². The van der Waals surface area contributed by atoms with E-state index in [0.717, 1.165) is 5.69 Å². The third-order valence-electron chi connectivity index (χ3n) is 3.32. The fourth-order valence-corrected chi connectivity index (χ4v) is 1.96. The number of anilines is 1. The van der Waals surface area contributed by atoms with Crippen LogP contribution in [0.25, 0.3) is 0 Å². The van der Waals surface area contributed by atoms with E-state index in [4.69, 9.17) is 9.15 Å². The van der Waals surface area contributed by atoms with Gasteiger partial charge in [-0.05, 0) is 30.3 Å². The molecule has 0 unspecified atom stereocenters. The van der Waals surface area contributed by atoms with Crippen molar-refractivity contribution in [2.75, 3.05) is 32.6 Å². The van der Waals surface area contributed by atoms with Crippen molar-refractivity contribution in [1.82, 2.24) is 4.90 Å². The Morgan fingerprint density at radius 3 is 2.57 bits per heavy atom. The molecule has 122 valence electrons. The van der Waals surface area contributed by atoms with E-state index in [1.165, 1.54) is 4.90 Å². The number of ether oxygens (including phenoxy) is 1. The summed E-state index contributed by atoms with van der Waals surface area (Å²) >= 11 is 0. The van der Waals surface area contributed by atoms with E-state index in [1.807, 2.05) is 25.1 Å². The normalized spacial score (nSPS) is 10.2. The van der Waals surface area contributed by atoms with E-state index in [0.29, 0.717) is 17.9 Å². The van der Waals surface area contributed by atoms with Gasteiger partial charge in [0, 0.05) is 26.8 Å². The van der Waals surface area contributed by atoms with Gasteiger partial charge in [0.2, 0.25) is 0 Å². The van der Waals surface area contributed by atoms with Crippen molar-refractivity contribution in [2.45, 2.75) is 6.54 Å². The molecule has 1 heterocycles. The summed E-state index contributed by atoms with van der Waals surface area (Å²) < 4.78 is 10.3. The molecule has 2 rings (SSSR count). The van der Waals surface area contributed by atoms with Crippen molar-refractivity contribution in [3.05, 3.63) is 54.0 Å². The van der Waals surface area contributed by atoms with Crippen molar-refractivity contribution < 1.29 is 18.7 Å². The molecule has 0 aliphatic heterocycles. The zero-order valence-corrected chi connectivity index (χ0v) is 13.5. The van der Waals surface area contributed by atoms with E-state index in [9.17, 15) is 9.59 Å². The number of hydrogen-bond donors (Lipinski definition) is 0. The average molecular weight is 316 g/mol. The van der Waals surface area contributed by atoms with Gasteiger partial charge in [0.05, 0.1) is 18.4 Å². The number of furan rings is 1. The maximum atomic E-state index is 12.0. The van der Waals surface area contributed by atoms with Crippen LogP contribution in [-0.2, 0) is 16.1 Å². The molecule has 2 aromatic rings. The highest BCUT2D eigenvalue weighted by Crippen LogP contribution is 2.14. The predicted octanol–water partition coefficient (Wildman–Crippen LogP) is 2.16. The summed E-state index contributed by atoms with van der Waals surface area (Å²) in [6.45, 7) is 0.0295. The van der Waals surface area contributed by atoms with E-state index in [1.54, 1.807) is 43.6 Å². The van der Waals surface area contributed by atoms with Crippen molar-refractivity contribution in [3.8, 4) is 0 Å². The third kappa shape index (κ3) is 4.60. The molecule has 0 fully saturated rings. The summed E-state index contributed by atoms with van der Waals surface area (Å²) in [4.78, 5) is 27.3. The Labute approximate surface area is 135 Å². The van der Waals surface area contributed by atoms with Crippen molar-refractivity contribution in [3.63, 3.8) is 0 Å². The van der Waals surface area contributed by atoms with Crippen LogP contribution in [0.3, 0.4) is 0 Å². The molecule has 23 heavy (non-hydrogen) atoms. The van der Waals surface area contributed by atoms with Gasteiger partial charge in [-0.25, -0.2) is 4.79 Å². The Balaban J connectivity index is 1.88. The summed E-state index contributed by atoms with van der Waals surface area (Å²) in [6, 6.07) is 10.6. The lowest BCUT2D eigenvalue weighted by molar-refractivity contribution is -0.133. The van der Waals surface area contributed by atoms with Crippen LogP contribution in [0.1, 0.15) is 16.1 Å². The van der Waals surface area contributed by atoms with Gasteiger partial charge in [0.1, 0.15) is 5.76 Å². The molecular weight excluding hydrogens is 296 g/mol. The minimum Gasteiger partial charge on any atom is -0.467 e. The van der Waals surface area contributed by atoms with Crippen LogP contribution >= 0.6 is 0 Å². The number of hydrogen-bond acceptors (Lipinski definition) is 5. The Morgan fingerprint density at radius 1 is 1.13 bits per heavy atom. The minimum absolute atomic E-state index is 0.293. The summed E-state index contributed by atoms with van der Waals surface area (Å²) in [6.07, 6.45) is 1.55. The zero-order chi connectivity index (χ0) is 16.8. The largest absolute Gasteiger partial charge is 0.467 e. The predicted molar refractivity (Wildman–Crippen MR) is 86.2 cm³/mol. The maximum absolute atomic E-state index is 12.0. The smallest absolute Gasteiger partial charge is 0.338 e. The minimum atomic E-state index is -0.520. The molecule has 1 aromatic carbocycles. The van der Waals surface area contributed by atoms with Gasteiger partial charge >= 0.3 is 5.97 Å². The first-order valence-electron chi connectivity index (χ1n) is 7.18. The number of nitrogens with zero attached hydrogens (tertiary/aromatic N) is 2. The highest BCUT2D eigenvalue weighted by Gasteiger charge is 2.15. The Kier molecular flexibility index (Phi) is 5.41. The first kappa shape index (κ1) is 16.6. The van der Waals surface area contributed by atoms with Crippen LogP contribution in [-0.4, -0.2) is 44.5 Å². The van der Waals surface area contributed by atoms with Crippen molar-refractivity contribution >= 4 is 17.6 Å². The van der Waals surface area contributed by atoms with E-state index < -0.39 is 5.97 Å². The van der Waals surface area contributed by atoms with Crippen LogP contribution in [0.5, 0.6) is 0 Å². The molecule has 0 saturated carbocycles. The number of likely N-dealkylation sites (N-methyl/N-ethyl adjacent to an activating group) is 1. The van der Waals surface area contributed by atoms with Gasteiger partial charge in [0.25, 0.3) is 5.91 Å². The molecule has 0 N–H and O–H groups in total. The highest BCUT2D eigenvalue weighted by atomic mass is 16.5. The SMILES string of the molecule is CN(Cc1ccco1)C(=O)COC(=O)c1cccc(N(C)C)c1. The number of carbonyl (C=O) groups excluding carboxylic acids is 2. The number of benzene rings is 1. The quantitative estimate of drug-likeness (QED) is 0.764. The first-order chi connectivity index (χ1) is 11.0. The van der Waals surface area contributed by atoms with Crippen molar-refractivity contribution in [1.29, 1.82) is 0 Å². The summed E-state index contributed by atoms with van der Waals surface area (Å²) in [5.41, 5.74) is 1.30. The molecule has 0 aliphatic carbocycles. The first-order valence-corrected chi connectivity index (χ1v) is 7.18. The Hall–Kier alpha value is -2.76. The summed E-state index contributed by atoms with van der Waals surface area (Å²) in [7, 11) is 5.40. The molecular formula is C17H20N2O4. The molecule has 1 aromatic heterocycles. The van der Waals surface area contributed by atoms with Gasteiger partial charge in [-0.1, -0.05) is 6.07 Å². The second-order valence-corrected chi connectivity index (χ2v) is 5.35. The molecule has 0 radical (unpaired) electrons. The van der Waals surface area contributed by atoms with Gasteiger partial charge in [-0.3, -0.25) is 4.79 Å². The molecule has 0 atom stereocenters. The van der Waals surface area contributed by atoms with Crippen LogP contribution in [0.2, 0.25) is 0 Å². The fraction of sp³-hybridized carbons (Fsp3) is 0.294. The van der Waals surface area contributed by atoms with Crippen LogP contribution in [0.15, 0.2) is 47.1 Å². The second-order valence-electron chi connectivity index (χ2n) is 5.35. The van der Waals surface area contributed by atoms with Gasteiger partial charge in [-0.15, -0.1) is 0 Å². The van der Waals surface area contributed by atoms with E-state index in [-0.39, 0.29) is 12.5 Å². The van der Waals surface area contributed by atoms with Crippen LogP contribution in [0.4, 0.5) is 5.69 Å². The third-order valence-corrected chi connectivity index (χ3v) is 3.32. The van der Waals surface area contributed by atoms with Crippen molar-refractivity contribution in [2.24, 2.45) is 0 Å². The van der Waals surface area contributed by atoms with Crippen LogP contribution in [0, 0.1) is 0 Å². The Bertz CT molecular complexity index is 665. The topological polar surface area (TPSA) is 63.0 Å². The molecule has 0 aliphatic rings.